The van der Waals surface area contributed by atoms with Crippen molar-refractivity contribution in [2.75, 3.05) is 6.54 Å². The number of hydrogen-bond donors (Lipinski definition) is 8. The van der Waals surface area contributed by atoms with E-state index in [2.05, 4.69) is 20.9 Å². The molecule has 0 saturated heterocycles. The molecule has 2 rings (SSSR count). The molecule has 0 radical (unpaired) electrons. The van der Waals surface area contributed by atoms with Crippen molar-refractivity contribution in [3.63, 3.8) is 0 Å². The molecular formula is C21H29N5O7. The number of carboxylic acid groups (broad SMARTS) is 1. The van der Waals surface area contributed by atoms with E-state index in [1.165, 1.54) is 13.8 Å². The van der Waals surface area contributed by atoms with Gasteiger partial charge in [0.2, 0.25) is 17.7 Å². The molecule has 0 fully saturated rings. The highest BCUT2D eigenvalue weighted by molar-refractivity contribution is 5.93. The minimum absolute atomic E-state index is 0.183. The summed E-state index contributed by atoms with van der Waals surface area (Å²) < 4.78 is 0. The second kappa shape index (κ2) is 11.4. The number of carboxylic acids is 1. The smallest absolute Gasteiger partial charge is 0.328 e. The molecule has 0 aliphatic rings. The summed E-state index contributed by atoms with van der Waals surface area (Å²) in [5.41, 5.74) is 7.70. The van der Waals surface area contributed by atoms with Crippen LogP contribution in [0.15, 0.2) is 30.5 Å². The lowest BCUT2D eigenvalue weighted by Crippen LogP contribution is -2.57. The van der Waals surface area contributed by atoms with Gasteiger partial charge in [-0.25, -0.2) is 4.79 Å². The second-order valence-corrected chi connectivity index (χ2v) is 7.74. The Balaban J connectivity index is 1.94. The molecule has 0 saturated carbocycles. The highest BCUT2D eigenvalue weighted by Gasteiger charge is 2.29. The molecule has 0 bridgehead atoms. The number of carbonyl (C=O) groups is 4. The maximum Gasteiger partial charge on any atom is 0.328 e. The number of rotatable bonds is 11. The van der Waals surface area contributed by atoms with Gasteiger partial charge in [-0.05, 0) is 31.9 Å². The van der Waals surface area contributed by atoms with Gasteiger partial charge in [-0.2, -0.15) is 0 Å². The zero-order chi connectivity index (χ0) is 24.7. The summed E-state index contributed by atoms with van der Waals surface area (Å²) in [5.74, 6) is -3.85. The third-order valence-corrected chi connectivity index (χ3v) is 5.00. The summed E-state index contributed by atoms with van der Waals surface area (Å²) in [6.07, 6.45) is -0.735. The lowest BCUT2D eigenvalue weighted by atomic mass is 10.0. The predicted octanol–water partition coefficient (Wildman–Crippen LogP) is -2.03. The Morgan fingerprint density at radius 1 is 1.00 bits per heavy atom. The van der Waals surface area contributed by atoms with Crippen LogP contribution in [0.3, 0.4) is 0 Å². The van der Waals surface area contributed by atoms with Crippen LogP contribution in [0.25, 0.3) is 10.9 Å². The van der Waals surface area contributed by atoms with Crippen molar-refractivity contribution in [2.24, 2.45) is 5.73 Å². The van der Waals surface area contributed by atoms with Crippen molar-refractivity contribution in [1.29, 1.82) is 0 Å². The molecule has 12 heteroatoms. The Bertz CT molecular complexity index is 1000. The van der Waals surface area contributed by atoms with Crippen LogP contribution in [-0.4, -0.2) is 80.9 Å². The molecule has 2 aromatic rings. The Hall–Kier alpha value is -3.48. The quantitative estimate of drug-likeness (QED) is 0.186. The first-order chi connectivity index (χ1) is 15.5. The molecule has 9 N–H and O–H groups in total. The normalized spacial score (nSPS) is 15.7. The fourth-order valence-corrected chi connectivity index (χ4v) is 3.19. The maximum atomic E-state index is 12.5. The number of hydrogen-bond acceptors (Lipinski definition) is 7. The van der Waals surface area contributed by atoms with Gasteiger partial charge in [0.15, 0.2) is 6.04 Å². The standard InChI is InChI=1S/C21H29N5O7/c1-10(27)17(20(31)24-9-16(29)25-18(11(2)28)21(32)33)26-19(30)14(22)7-12-8-23-15-6-4-3-5-13(12)15/h3-6,8,10-11,14,17-18,23,27-28H,7,9,22H2,1-2H3,(H,24,31)(H,25,29)(H,26,30)(H,32,33). The Labute approximate surface area is 189 Å². The third kappa shape index (κ3) is 7.00. The lowest BCUT2D eigenvalue weighted by Gasteiger charge is -2.23. The van der Waals surface area contributed by atoms with E-state index in [-0.39, 0.29) is 6.42 Å². The van der Waals surface area contributed by atoms with Crippen LogP contribution < -0.4 is 21.7 Å². The van der Waals surface area contributed by atoms with Gasteiger partial charge in [0.25, 0.3) is 0 Å². The predicted molar refractivity (Wildman–Crippen MR) is 118 cm³/mol. The Morgan fingerprint density at radius 2 is 1.64 bits per heavy atom. The van der Waals surface area contributed by atoms with Crippen LogP contribution in [0.5, 0.6) is 0 Å². The number of nitrogens with two attached hydrogens (primary N) is 1. The van der Waals surface area contributed by atoms with Crippen molar-refractivity contribution in [1.82, 2.24) is 20.9 Å². The average Bonchev–Trinajstić information content (AvgIpc) is 3.16. The Morgan fingerprint density at radius 3 is 2.24 bits per heavy atom. The molecule has 0 spiro atoms. The van der Waals surface area contributed by atoms with E-state index < -0.39 is 60.6 Å². The summed E-state index contributed by atoms with van der Waals surface area (Å²) in [4.78, 5) is 51.0. The molecular weight excluding hydrogens is 434 g/mol. The number of benzene rings is 1. The Kier molecular flexibility index (Phi) is 8.91. The zero-order valence-electron chi connectivity index (χ0n) is 18.2. The van der Waals surface area contributed by atoms with E-state index in [0.29, 0.717) is 0 Å². The highest BCUT2D eigenvalue weighted by Crippen LogP contribution is 2.18. The van der Waals surface area contributed by atoms with Gasteiger partial charge in [-0.3, -0.25) is 14.4 Å². The summed E-state index contributed by atoms with van der Waals surface area (Å²) in [6, 6.07) is 3.53. The van der Waals surface area contributed by atoms with E-state index in [1.807, 2.05) is 24.3 Å². The number of H-pyrrole nitrogens is 1. The number of aromatic nitrogens is 1. The van der Waals surface area contributed by atoms with E-state index in [0.717, 1.165) is 16.5 Å². The summed E-state index contributed by atoms with van der Waals surface area (Å²) in [6.45, 7) is 1.84. The minimum Gasteiger partial charge on any atom is -0.480 e. The second-order valence-electron chi connectivity index (χ2n) is 7.74. The molecule has 12 nitrogen and oxygen atoms in total. The van der Waals surface area contributed by atoms with E-state index in [9.17, 15) is 29.4 Å². The molecule has 5 atom stereocenters. The molecule has 0 aliphatic heterocycles. The van der Waals surface area contributed by atoms with Gasteiger partial charge >= 0.3 is 5.97 Å². The fraction of sp³-hybridized carbons (Fsp3) is 0.429. The molecule has 1 aromatic heterocycles. The number of carbonyl (C=O) groups excluding carboxylic acids is 3. The zero-order valence-corrected chi connectivity index (χ0v) is 18.2. The lowest BCUT2D eigenvalue weighted by molar-refractivity contribution is -0.144. The van der Waals surface area contributed by atoms with Gasteiger partial charge in [0.1, 0.15) is 6.04 Å². The van der Waals surface area contributed by atoms with E-state index >= 15 is 0 Å². The van der Waals surface area contributed by atoms with Crippen LogP contribution in [0, 0.1) is 0 Å². The van der Waals surface area contributed by atoms with Crippen molar-refractivity contribution < 1.29 is 34.5 Å². The monoisotopic (exact) mass is 463 g/mol. The average molecular weight is 463 g/mol. The SMILES string of the molecule is CC(O)C(NC(=O)CNC(=O)C(NC(=O)C(N)Cc1c[nH]c2ccccc12)C(C)O)C(=O)O. The van der Waals surface area contributed by atoms with Gasteiger partial charge < -0.3 is 42.0 Å². The number of aliphatic hydroxyl groups excluding tert-OH is 2. The summed E-state index contributed by atoms with van der Waals surface area (Å²) in [5, 5.41) is 35.9. The number of nitrogens with one attached hydrogen (secondary N) is 4. The number of fused-ring (bicyclic) bond motifs is 1. The number of aromatic amines is 1. The number of aliphatic hydroxyl groups is 2. The van der Waals surface area contributed by atoms with Crippen LogP contribution in [0.1, 0.15) is 19.4 Å². The molecule has 5 unspecified atom stereocenters. The van der Waals surface area contributed by atoms with E-state index in [1.54, 1.807) is 6.20 Å². The first-order valence-electron chi connectivity index (χ1n) is 10.3. The summed E-state index contributed by atoms with van der Waals surface area (Å²) >= 11 is 0. The number of aliphatic carboxylic acids is 1. The van der Waals surface area contributed by atoms with Crippen LogP contribution >= 0.6 is 0 Å². The van der Waals surface area contributed by atoms with Gasteiger partial charge in [-0.15, -0.1) is 0 Å². The fourth-order valence-electron chi connectivity index (χ4n) is 3.19. The molecule has 1 heterocycles. The first kappa shape index (κ1) is 25.8. The third-order valence-electron chi connectivity index (χ3n) is 5.00. The van der Waals surface area contributed by atoms with Crippen LogP contribution in [0.4, 0.5) is 0 Å². The van der Waals surface area contributed by atoms with Crippen LogP contribution in [0.2, 0.25) is 0 Å². The molecule has 0 aliphatic carbocycles. The number of amides is 3. The molecule has 180 valence electrons. The van der Waals surface area contributed by atoms with Gasteiger partial charge in [0, 0.05) is 17.1 Å². The number of para-hydroxylation sites is 1. The van der Waals surface area contributed by atoms with Crippen molar-refractivity contribution in [3.05, 3.63) is 36.0 Å². The largest absolute Gasteiger partial charge is 0.480 e. The summed E-state index contributed by atoms with van der Waals surface area (Å²) in [7, 11) is 0. The van der Waals surface area contributed by atoms with Crippen molar-refractivity contribution in [3.8, 4) is 0 Å². The molecule has 3 amide bonds. The van der Waals surface area contributed by atoms with Gasteiger partial charge in [-0.1, -0.05) is 18.2 Å². The van der Waals surface area contributed by atoms with Crippen LogP contribution in [-0.2, 0) is 25.6 Å². The minimum atomic E-state index is -1.55. The van der Waals surface area contributed by atoms with Crippen molar-refractivity contribution >= 4 is 34.6 Å². The van der Waals surface area contributed by atoms with Crippen molar-refractivity contribution in [2.45, 2.75) is 50.6 Å². The molecule has 33 heavy (non-hydrogen) atoms. The topological polar surface area (TPSA) is 207 Å². The maximum absolute atomic E-state index is 12.5. The van der Waals surface area contributed by atoms with E-state index in [4.69, 9.17) is 10.8 Å². The molecule has 1 aromatic carbocycles. The highest BCUT2D eigenvalue weighted by atomic mass is 16.4. The first-order valence-corrected chi connectivity index (χ1v) is 10.3. The van der Waals surface area contributed by atoms with Gasteiger partial charge in [0.05, 0.1) is 24.8 Å².